The Morgan fingerprint density at radius 1 is 1.23 bits per heavy atom. The van der Waals surface area contributed by atoms with Crippen molar-refractivity contribution in [2.24, 2.45) is 5.92 Å². The molecular formula is C23H29ClF3N3O. The maximum absolute atomic E-state index is 12.6. The number of rotatable bonds is 7. The van der Waals surface area contributed by atoms with Crippen molar-refractivity contribution in [2.45, 2.75) is 71.5 Å². The van der Waals surface area contributed by atoms with E-state index in [9.17, 15) is 18.0 Å². The van der Waals surface area contributed by atoms with E-state index in [1.807, 2.05) is 23.6 Å². The van der Waals surface area contributed by atoms with E-state index in [1.54, 1.807) is 13.0 Å². The third-order valence-corrected chi connectivity index (χ3v) is 6.28. The number of hydrogen-bond donors (Lipinski definition) is 1. The van der Waals surface area contributed by atoms with E-state index in [2.05, 4.69) is 10.3 Å². The van der Waals surface area contributed by atoms with Crippen LogP contribution in [0.3, 0.4) is 0 Å². The van der Waals surface area contributed by atoms with Crippen molar-refractivity contribution in [3.63, 3.8) is 0 Å². The standard InChI is InChI=1S/C23H29ClF3N3O/c1-15-14-18(24)8-9-19(15)21-29-20(22(31)28-12-11-23(25,26)27)16(2)30(21)13-10-17-6-4-3-5-7-17/h8-9,14,17H,3-7,10-13H2,1-2H3,(H,28,31). The lowest BCUT2D eigenvalue weighted by molar-refractivity contribution is -0.132. The number of amides is 1. The van der Waals surface area contributed by atoms with Crippen LogP contribution in [0.15, 0.2) is 18.2 Å². The van der Waals surface area contributed by atoms with Crippen molar-refractivity contribution >= 4 is 17.5 Å². The Bertz CT molecular complexity index is 918. The fraction of sp³-hybridized carbons (Fsp3) is 0.565. The Kier molecular flexibility index (Phi) is 7.68. The van der Waals surface area contributed by atoms with Crippen LogP contribution < -0.4 is 5.32 Å². The Labute approximate surface area is 186 Å². The van der Waals surface area contributed by atoms with E-state index in [0.717, 1.165) is 24.1 Å². The first kappa shape index (κ1) is 23.6. The number of benzene rings is 1. The molecule has 1 aliphatic carbocycles. The third-order valence-electron chi connectivity index (χ3n) is 6.05. The Balaban J connectivity index is 1.87. The van der Waals surface area contributed by atoms with Gasteiger partial charge < -0.3 is 9.88 Å². The van der Waals surface area contributed by atoms with Crippen molar-refractivity contribution in [1.82, 2.24) is 14.9 Å². The van der Waals surface area contributed by atoms with Gasteiger partial charge in [0.25, 0.3) is 5.91 Å². The van der Waals surface area contributed by atoms with Crippen molar-refractivity contribution in [2.75, 3.05) is 6.54 Å². The number of nitrogens with one attached hydrogen (secondary N) is 1. The fourth-order valence-corrected chi connectivity index (χ4v) is 4.52. The molecule has 1 aliphatic rings. The second-order valence-electron chi connectivity index (χ2n) is 8.39. The van der Waals surface area contributed by atoms with Gasteiger partial charge in [0.05, 0.1) is 6.42 Å². The molecule has 0 unspecified atom stereocenters. The first-order valence-electron chi connectivity index (χ1n) is 10.8. The van der Waals surface area contributed by atoms with Gasteiger partial charge in [0.1, 0.15) is 11.5 Å². The molecule has 8 heteroatoms. The summed E-state index contributed by atoms with van der Waals surface area (Å²) in [6, 6.07) is 5.50. The first-order chi connectivity index (χ1) is 14.7. The second kappa shape index (κ2) is 10.1. The molecule has 170 valence electrons. The highest BCUT2D eigenvalue weighted by Crippen LogP contribution is 2.31. The molecule has 4 nitrogen and oxygen atoms in total. The molecule has 1 N–H and O–H groups in total. The van der Waals surface area contributed by atoms with Crippen molar-refractivity contribution in [3.05, 3.63) is 40.2 Å². The molecular weight excluding hydrogens is 427 g/mol. The van der Waals surface area contributed by atoms with E-state index >= 15 is 0 Å². The van der Waals surface area contributed by atoms with Gasteiger partial charge in [-0.1, -0.05) is 43.7 Å². The monoisotopic (exact) mass is 455 g/mol. The average Bonchev–Trinajstić information content (AvgIpc) is 3.02. The summed E-state index contributed by atoms with van der Waals surface area (Å²) in [6.07, 6.45) is 1.84. The van der Waals surface area contributed by atoms with Gasteiger partial charge in [0, 0.05) is 29.4 Å². The Hall–Kier alpha value is -2.02. The quantitative estimate of drug-likeness (QED) is 0.519. The molecule has 1 fully saturated rings. The third kappa shape index (κ3) is 6.25. The van der Waals surface area contributed by atoms with Crippen molar-refractivity contribution in [1.29, 1.82) is 0 Å². The number of aromatic nitrogens is 2. The SMILES string of the molecule is Cc1cc(Cl)ccc1-c1nc(C(=O)NCCC(F)(F)F)c(C)n1CCC1CCCCC1. The highest BCUT2D eigenvalue weighted by molar-refractivity contribution is 6.30. The summed E-state index contributed by atoms with van der Waals surface area (Å²) in [7, 11) is 0. The average molecular weight is 456 g/mol. The van der Waals surface area contributed by atoms with Crippen LogP contribution in [0.2, 0.25) is 5.02 Å². The van der Waals surface area contributed by atoms with Crippen LogP contribution in [0.5, 0.6) is 0 Å². The van der Waals surface area contributed by atoms with Gasteiger partial charge in [-0.2, -0.15) is 13.2 Å². The van der Waals surface area contributed by atoms with E-state index in [0.29, 0.717) is 22.5 Å². The molecule has 1 amide bonds. The number of halogens is 4. The molecule has 1 aromatic heterocycles. The molecule has 1 heterocycles. The Morgan fingerprint density at radius 3 is 2.58 bits per heavy atom. The first-order valence-corrected chi connectivity index (χ1v) is 11.2. The predicted molar refractivity (Wildman–Crippen MR) is 116 cm³/mol. The maximum atomic E-state index is 12.6. The number of nitrogens with zero attached hydrogens (tertiary/aromatic N) is 2. The predicted octanol–water partition coefficient (Wildman–Crippen LogP) is 6.47. The summed E-state index contributed by atoms with van der Waals surface area (Å²) in [5.41, 5.74) is 2.64. The smallest absolute Gasteiger partial charge is 0.350 e. The number of aryl methyl sites for hydroxylation is 1. The van der Waals surface area contributed by atoms with Gasteiger partial charge in [-0.15, -0.1) is 0 Å². The van der Waals surface area contributed by atoms with Gasteiger partial charge >= 0.3 is 6.18 Å². The minimum Gasteiger partial charge on any atom is -0.350 e. The molecule has 31 heavy (non-hydrogen) atoms. The zero-order valence-corrected chi connectivity index (χ0v) is 18.7. The summed E-state index contributed by atoms with van der Waals surface area (Å²) in [5, 5.41) is 2.98. The van der Waals surface area contributed by atoms with Crippen LogP contribution in [-0.2, 0) is 6.54 Å². The molecule has 1 saturated carbocycles. The Morgan fingerprint density at radius 2 is 1.94 bits per heavy atom. The molecule has 2 aromatic rings. The van der Waals surface area contributed by atoms with E-state index in [4.69, 9.17) is 11.6 Å². The van der Waals surface area contributed by atoms with Gasteiger partial charge in [0.2, 0.25) is 0 Å². The molecule has 1 aromatic carbocycles. The normalized spacial score (nSPS) is 15.3. The van der Waals surface area contributed by atoms with Gasteiger partial charge in [-0.25, -0.2) is 4.98 Å². The molecule has 0 bridgehead atoms. The van der Waals surface area contributed by atoms with Crippen LogP contribution in [0.4, 0.5) is 13.2 Å². The van der Waals surface area contributed by atoms with Gasteiger partial charge in [-0.05, 0) is 49.9 Å². The van der Waals surface area contributed by atoms with E-state index in [-0.39, 0.29) is 5.69 Å². The number of alkyl halides is 3. The second-order valence-corrected chi connectivity index (χ2v) is 8.83. The van der Waals surface area contributed by atoms with Crippen LogP contribution in [0.25, 0.3) is 11.4 Å². The molecule has 0 atom stereocenters. The van der Waals surface area contributed by atoms with Crippen LogP contribution in [-0.4, -0.2) is 28.2 Å². The number of hydrogen-bond acceptors (Lipinski definition) is 2. The van der Waals surface area contributed by atoms with Gasteiger partial charge in [-0.3, -0.25) is 4.79 Å². The highest BCUT2D eigenvalue weighted by Gasteiger charge is 2.28. The summed E-state index contributed by atoms with van der Waals surface area (Å²) in [4.78, 5) is 17.2. The highest BCUT2D eigenvalue weighted by atomic mass is 35.5. The molecule has 0 aliphatic heterocycles. The molecule has 0 saturated heterocycles. The lowest BCUT2D eigenvalue weighted by atomic mass is 9.87. The molecule has 0 spiro atoms. The summed E-state index contributed by atoms with van der Waals surface area (Å²) >= 11 is 6.10. The van der Waals surface area contributed by atoms with Crippen LogP contribution in [0, 0.1) is 19.8 Å². The number of carbonyl (C=O) groups is 1. The minimum atomic E-state index is -4.31. The van der Waals surface area contributed by atoms with Crippen molar-refractivity contribution in [3.8, 4) is 11.4 Å². The topological polar surface area (TPSA) is 46.9 Å². The lowest BCUT2D eigenvalue weighted by Crippen LogP contribution is -2.28. The molecule has 0 radical (unpaired) electrons. The van der Waals surface area contributed by atoms with Crippen molar-refractivity contribution < 1.29 is 18.0 Å². The van der Waals surface area contributed by atoms with Gasteiger partial charge in [0.15, 0.2) is 0 Å². The van der Waals surface area contributed by atoms with Crippen LogP contribution >= 0.6 is 11.6 Å². The van der Waals surface area contributed by atoms with E-state index in [1.165, 1.54) is 32.1 Å². The molecule has 3 rings (SSSR count). The summed E-state index contributed by atoms with van der Waals surface area (Å²) < 4.78 is 39.4. The summed E-state index contributed by atoms with van der Waals surface area (Å²) in [5.74, 6) is 0.730. The number of carbonyl (C=O) groups excluding carboxylic acids is 1. The summed E-state index contributed by atoms with van der Waals surface area (Å²) in [6.45, 7) is 3.99. The number of imidazole rings is 1. The maximum Gasteiger partial charge on any atom is 0.390 e. The fourth-order valence-electron chi connectivity index (χ4n) is 4.30. The zero-order valence-electron chi connectivity index (χ0n) is 18.0. The zero-order chi connectivity index (χ0) is 22.6. The lowest BCUT2D eigenvalue weighted by Gasteiger charge is -2.22. The minimum absolute atomic E-state index is 0.176. The van der Waals surface area contributed by atoms with E-state index < -0.39 is 25.0 Å². The van der Waals surface area contributed by atoms with Crippen LogP contribution in [0.1, 0.15) is 66.7 Å². The largest absolute Gasteiger partial charge is 0.390 e.